The Morgan fingerprint density at radius 2 is 1.89 bits per heavy atom. The molecule has 4 heteroatoms. The van der Waals surface area contributed by atoms with Gasteiger partial charge in [0.05, 0.1) is 14.2 Å². The lowest BCUT2D eigenvalue weighted by Gasteiger charge is -2.13. The van der Waals surface area contributed by atoms with Crippen molar-refractivity contribution in [1.82, 2.24) is 5.32 Å². The Balaban J connectivity index is 0.00000289. The van der Waals surface area contributed by atoms with Crippen LogP contribution in [0.1, 0.15) is 25.8 Å². The summed E-state index contributed by atoms with van der Waals surface area (Å²) in [6.45, 7) is 6.30. The van der Waals surface area contributed by atoms with Gasteiger partial charge in [0.1, 0.15) is 0 Å². The number of ether oxygens (including phenoxy) is 2. The van der Waals surface area contributed by atoms with Gasteiger partial charge in [0.2, 0.25) is 0 Å². The standard InChI is InChI=1S/C14H23NO2.ClH/c1-11(2)8-9-15-10-12-6-5-7-13(16-3)14(12)17-4;/h5-7,11,15H,8-10H2,1-4H3;1H. The van der Waals surface area contributed by atoms with Crippen LogP contribution in [0.2, 0.25) is 0 Å². The van der Waals surface area contributed by atoms with E-state index in [0.29, 0.717) is 0 Å². The van der Waals surface area contributed by atoms with Crippen molar-refractivity contribution >= 4 is 12.4 Å². The normalized spacial score (nSPS) is 10.1. The molecule has 0 fully saturated rings. The fraction of sp³-hybridized carbons (Fsp3) is 0.571. The summed E-state index contributed by atoms with van der Waals surface area (Å²) in [7, 11) is 3.34. The highest BCUT2D eigenvalue weighted by atomic mass is 35.5. The molecule has 3 nitrogen and oxygen atoms in total. The Kier molecular flexibility index (Phi) is 8.59. The summed E-state index contributed by atoms with van der Waals surface area (Å²) in [5.74, 6) is 2.34. The molecule has 104 valence electrons. The lowest BCUT2D eigenvalue weighted by Crippen LogP contribution is -2.16. The third kappa shape index (κ3) is 5.15. The largest absolute Gasteiger partial charge is 0.493 e. The molecule has 0 aliphatic heterocycles. The van der Waals surface area contributed by atoms with Crippen LogP contribution in [-0.4, -0.2) is 20.8 Å². The molecule has 0 bridgehead atoms. The van der Waals surface area contributed by atoms with E-state index < -0.39 is 0 Å². The van der Waals surface area contributed by atoms with Gasteiger partial charge in [-0.1, -0.05) is 26.0 Å². The van der Waals surface area contributed by atoms with Gasteiger partial charge in [-0.2, -0.15) is 0 Å². The molecule has 0 unspecified atom stereocenters. The molecule has 1 aromatic rings. The molecule has 0 aromatic heterocycles. The van der Waals surface area contributed by atoms with Crippen molar-refractivity contribution < 1.29 is 9.47 Å². The third-order valence-corrected chi connectivity index (χ3v) is 2.70. The molecule has 0 saturated carbocycles. The Morgan fingerprint density at radius 3 is 2.44 bits per heavy atom. The molecule has 0 aliphatic carbocycles. The van der Waals surface area contributed by atoms with Crippen molar-refractivity contribution in [3.8, 4) is 11.5 Å². The fourth-order valence-corrected chi connectivity index (χ4v) is 1.71. The monoisotopic (exact) mass is 273 g/mol. The van der Waals surface area contributed by atoms with Crippen LogP contribution in [0.25, 0.3) is 0 Å². The van der Waals surface area contributed by atoms with Gasteiger partial charge in [0.15, 0.2) is 11.5 Å². The van der Waals surface area contributed by atoms with Gasteiger partial charge in [-0.3, -0.25) is 0 Å². The van der Waals surface area contributed by atoms with Crippen LogP contribution < -0.4 is 14.8 Å². The molecule has 0 heterocycles. The number of methoxy groups -OCH3 is 2. The Hall–Kier alpha value is -0.930. The van der Waals surface area contributed by atoms with E-state index in [0.717, 1.165) is 36.1 Å². The molecule has 1 rings (SSSR count). The number of nitrogens with one attached hydrogen (secondary N) is 1. The summed E-state index contributed by atoms with van der Waals surface area (Å²) in [6, 6.07) is 5.96. The second kappa shape index (κ2) is 9.06. The number of halogens is 1. The van der Waals surface area contributed by atoms with Gasteiger partial charge in [-0.15, -0.1) is 12.4 Å². The van der Waals surface area contributed by atoms with Crippen LogP contribution in [0, 0.1) is 5.92 Å². The average molecular weight is 274 g/mol. The first-order chi connectivity index (χ1) is 8.19. The number of para-hydroxylation sites is 1. The maximum absolute atomic E-state index is 5.38. The van der Waals surface area contributed by atoms with Gasteiger partial charge in [-0.25, -0.2) is 0 Å². The summed E-state index contributed by atoms with van der Waals surface area (Å²) in [5, 5.41) is 3.42. The van der Waals surface area contributed by atoms with E-state index in [1.54, 1.807) is 14.2 Å². The summed E-state index contributed by atoms with van der Waals surface area (Å²) >= 11 is 0. The molecule has 0 aliphatic rings. The van der Waals surface area contributed by atoms with Gasteiger partial charge in [0.25, 0.3) is 0 Å². The first-order valence-electron chi connectivity index (χ1n) is 6.09. The minimum atomic E-state index is 0. The van der Waals surface area contributed by atoms with Gasteiger partial charge in [0, 0.05) is 12.1 Å². The molecule has 0 spiro atoms. The number of benzene rings is 1. The molecule has 0 saturated heterocycles. The topological polar surface area (TPSA) is 30.5 Å². The number of hydrogen-bond donors (Lipinski definition) is 1. The average Bonchev–Trinajstić information content (AvgIpc) is 2.33. The molecule has 0 atom stereocenters. The van der Waals surface area contributed by atoms with E-state index in [9.17, 15) is 0 Å². The zero-order chi connectivity index (χ0) is 12.7. The smallest absolute Gasteiger partial charge is 0.165 e. The van der Waals surface area contributed by atoms with Crippen LogP contribution in [-0.2, 0) is 6.54 Å². The first-order valence-corrected chi connectivity index (χ1v) is 6.09. The highest BCUT2D eigenvalue weighted by molar-refractivity contribution is 5.85. The predicted octanol–water partition coefficient (Wildman–Crippen LogP) is 3.26. The van der Waals surface area contributed by atoms with Crippen molar-refractivity contribution in [2.45, 2.75) is 26.8 Å². The van der Waals surface area contributed by atoms with Crippen molar-refractivity contribution in [1.29, 1.82) is 0 Å². The van der Waals surface area contributed by atoms with E-state index in [2.05, 4.69) is 25.2 Å². The number of hydrogen-bond acceptors (Lipinski definition) is 3. The molecule has 0 radical (unpaired) electrons. The first kappa shape index (κ1) is 17.1. The van der Waals surface area contributed by atoms with E-state index in [4.69, 9.17) is 9.47 Å². The summed E-state index contributed by atoms with van der Waals surface area (Å²) < 4.78 is 10.6. The fourth-order valence-electron chi connectivity index (χ4n) is 1.71. The maximum Gasteiger partial charge on any atom is 0.165 e. The van der Waals surface area contributed by atoms with E-state index in [1.165, 1.54) is 6.42 Å². The number of rotatable bonds is 7. The molecular weight excluding hydrogens is 250 g/mol. The van der Waals surface area contributed by atoms with Gasteiger partial charge >= 0.3 is 0 Å². The van der Waals surface area contributed by atoms with E-state index in [-0.39, 0.29) is 12.4 Å². The Labute approximate surface area is 116 Å². The molecule has 1 N–H and O–H groups in total. The maximum atomic E-state index is 5.38. The predicted molar refractivity (Wildman–Crippen MR) is 78.0 cm³/mol. The van der Waals surface area contributed by atoms with Gasteiger partial charge in [-0.05, 0) is 24.9 Å². The van der Waals surface area contributed by atoms with Crippen LogP contribution in [0.5, 0.6) is 11.5 Å². The minimum Gasteiger partial charge on any atom is -0.493 e. The van der Waals surface area contributed by atoms with E-state index >= 15 is 0 Å². The molecule has 18 heavy (non-hydrogen) atoms. The Morgan fingerprint density at radius 1 is 1.17 bits per heavy atom. The van der Waals surface area contributed by atoms with E-state index in [1.807, 2.05) is 12.1 Å². The van der Waals surface area contributed by atoms with Crippen LogP contribution in [0.4, 0.5) is 0 Å². The molecular formula is C14H24ClNO2. The Bertz CT molecular complexity index is 343. The quantitative estimate of drug-likeness (QED) is 0.774. The third-order valence-electron chi connectivity index (χ3n) is 2.70. The summed E-state index contributed by atoms with van der Waals surface area (Å²) in [4.78, 5) is 0. The summed E-state index contributed by atoms with van der Waals surface area (Å²) in [6.07, 6.45) is 1.19. The van der Waals surface area contributed by atoms with Crippen LogP contribution in [0.3, 0.4) is 0 Å². The van der Waals surface area contributed by atoms with Crippen molar-refractivity contribution in [2.75, 3.05) is 20.8 Å². The van der Waals surface area contributed by atoms with Crippen molar-refractivity contribution in [3.63, 3.8) is 0 Å². The van der Waals surface area contributed by atoms with Crippen molar-refractivity contribution in [2.24, 2.45) is 5.92 Å². The second-order valence-electron chi connectivity index (χ2n) is 4.51. The zero-order valence-corrected chi connectivity index (χ0v) is 12.5. The van der Waals surface area contributed by atoms with Gasteiger partial charge < -0.3 is 14.8 Å². The minimum absolute atomic E-state index is 0. The molecule has 0 amide bonds. The highest BCUT2D eigenvalue weighted by Gasteiger charge is 2.08. The van der Waals surface area contributed by atoms with Crippen LogP contribution >= 0.6 is 12.4 Å². The second-order valence-corrected chi connectivity index (χ2v) is 4.51. The lowest BCUT2D eigenvalue weighted by molar-refractivity contribution is 0.350. The lowest BCUT2D eigenvalue weighted by atomic mass is 10.1. The van der Waals surface area contributed by atoms with Crippen molar-refractivity contribution in [3.05, 3.63) is 23.8 Å². The summed E-state index contributed by atoms with van der Waals surface area (Å²) in [5.41, 5.74) is 1.13. The zero-order valence-electron chi connectivity index (χ0n) is 11.7. The van der Waals surface area contributed by atoms with Crippen LogP contribution in [0.15, 0.2) is 18.2 Å². The molecule has 1 aromatic carbocycles. The SMILES string of the molecule is COc1cccc(CNCCC(C)C)c1OC.Cl. The highest BCUT2D eigenvalue weighted by Crippen LogP contribution is 2.30.